The Labute approximate surface area is 117 Å². The van der Waals surface area contributed by atoms with Crippen LogP contribution in [0.2, 0.25) is 0 Å². The molecule has 0 aromatic rings. The Bertz CT molecular complexity index is 174. The van der Waals surface area contributed by atoms with Crippen molar-refractivity contribution in [1.29, 1.82) is 0 Å². The summed E-state index contributed by atoms with van der Waals surface area (Å²) in [5.41, 5.74) is 2.30. The zero-order chi connectivity index (χ0) is 13.2. The van der Waals surface area contributed by atoms with Crippen LogP contribution in [-0.4, -0.2) is 17.5 Å². The summed E-state index contributed by atoms with van der Waals surface area (Å²) in [5, 5.41) is 0. The Kier molecular flexibility index (Phi) is 9.38. The highest BCUT2D eigenvalue weighted by Gasteiger charge is 2.33. The van der Waals surface area contributed by atoms with Gasteiger partial charge in [0.1, 0.15) is 0 Å². The van der Waals surface area contributed by atoms with Gasteiger partial charge in [-0.2, -0.15) is 0 Å². The van der Waals surface area contributed by atoms with E-state index in [0.717, 1.165) is 11.3 Å². The first-order valence-corrected chi connectivity index (χ1v) is 10.3. The van der Waals surface area contributed by atoms with Crippen LogP contribution in [0, 0.1) is 0 Å². The third kappa shape index (κ3) is 5.60. The molecule has 0 aromatic heterocycles. The van der Waals surface area contributed by atoms with Crippen LogP contribution < -0.4 is 0 Å². The molecule has 1 aliphatic heterocycles. The van der Waals surface area contributed by atoms with E-state index in [2.05, 4.69) is 20.8 Å². The number of hydrogen-bond acceptors (Lipinski definition) is 0. The Balaban J connectivity index is 2.40. The summed E-state index contributed by atoms with van der Waals surface area (Å²) in [5.74, 6) is 0. The fourth-order valence-electron chi connectivity index (χ4n) is 3.42. The molecular formula is C17H35P. The molecule has 0 N–H and O–H groups in total. The average Bonchev–Trinajstić information content (AvgIpc) is 2.77. The molecule has 0 amide bonds. The van der Waals surface area contributed by atoms with Crippen LogP contribution in [0.15, 0.2) is 0 Å². The first kappa shape index (κ1) is 16.5. The molecule has 2 unspecified atom stereocenters. The van der Waals surface area contributed by atoms with E-state index >= 15 is 0 Å². The highest BCUT2D eigenvalue weighted by Crippen LogP contribution is 2.59. The molecule has 0 radical (unpaired) electrons. The van der Waals surface area contributed by atoms with Crippen molar-refractivity contribution in [2.24, 2.45) is 0 Å². The van der Waals surface area contributed by atoms with Gasteiger partial charge in [0.2, 0.25) is 0 Å². The normalized spacial score (nSPS) is 27.8. The molecule has 1 rings (SSSR count). The largest absolute Gasteiger partial charge is 0.100 e. The first-order valence-electron chi connectivity index (χ1n) is 8.59. The summed E-state index contributed by atoms with van der Waals surface area (Å²) in [6, 6.07) is 0. The van der Waals surface area contributed by atoms with E-state index in [1.54, 1.807) is 31.8 Å². The maximum Gasteiger partial charge on any atom is -0.0206 e. The minimum Gasteiger partial charge on any atom is -0.100 e. The van der Waals surface area contributed by atoms with Gasteiger partial charge >= 0.3 is 0 Å². The second-order valence-corrected chi connectivity index (χ2v) is 9.05. The van der Waals surface area contributed by atoms with Crippen LogP contribution in [0.5, 0.6) is 0 Å². The third-order valence-corrected chi connectivity index (χ3v) is 8.31. The molecule has 0 aliphatic carbocycles. The Morgan fingerprint density at radius 3 is 1.67 bits per heavy atom. The fourth-order valence-corrected chi connectivity index (χ4v) is 7.33. The molecule has 18 heavy (non-hydrogen) atoms. The van der Waals surface area contributed by atoms with Gasteiger partial charge in [0.25, 0.3) is 0 Å². The molecule has 1 aliphatic rings. The quantitative estimate of drug-likeness (QED) is 0.311. The van der Waals surface area contributed by atoms with E-state index in [1.807, 2.05) is 0 Å². The molecule has 108 valence electrons. The summed E-state index contributed by atoms with van der Waals surface area (Å²) >= 11 is 0. The zero-order valence-corrected chi connectivity index (χ0v) is 14.0. The van der Waals surface area contributed by atoms with Gasteiger partial charge in [0, 0.05) is 0 Å². The summed E-state index contributed by atoms with van der Waals surface area (Å²) in [6.45, 7) is 7.04. The van der Waals surface area contributed by atoms with Crippen LogP contribution in [0.1, 0.15) is 91.4 Å². The summed E-state index contributed by atoms with van der Waals surface area (Å²) in [4.78, 5) is 0. The lowest BCUT2D eigenvalue weighted by molar-refractivity contribution is 0.618. The van der Waals surface area contributed by atoms with Crippen LogP contribution >= 0.6 is 7.92 Å². The Morgan fingerprint density at radius 1 is 0.722 bits per heavy atom. The first-order chi connectivity index (χ1) is 8.83. The summed E-state index contributed by atoms with van der Waals surface area (Å²) in [6.07, 6.45) is 18.0. The lowest BCUT2D eigenvalue weighted by Gasteiger charge is -2.26. The molecule has 1 saturated heterocycles. The molecule has 0 saturated carbocycles. The van der Waals surface area contributed by atoms with Crippen molar-refractivity contribution in [3.8, 4) is 0 Å². The maximum atomic E-state index is 2.35. The molecule has 0 aromatic carbocycles. The van der Waals surface area contributed by atoms with Crippen LogP contribution in [0.25, 0.3) is 0 Å². The van der Waals surface area contributed by atoms with Crippen molar-refractivity contribution < 1.29 is 0 Å². The molecular weight excluding hydrogens is 235 g/mol. The molecule has 1 heterocycles. The van der Waals surface area contributed by atoms with Crippen LogP contribution in [-0.2, 0) is 0 Å². The molecule has 2 atom stereocenters. The lowest BCUT2D eigenvalue weighted by atomic mass is 10.1. The van der Waals surface area contributed by atoms with Gasteiger partial charge in [-0.05, 0) is 49.6 Å². The number of hydrogen-bond donors (Lipinski definition) is 0. The second-order valence-electron chi connectivity index (χ2n) is 6.11. The molecule has 0 spiro atoms. The Hall–Kier alpha value is 0.430. The van der Waals surface area contributed by atoms with Gasteiger partial charge in [-0.25, -0.2) is 0 Å². The lowest BCUT2D eigenvalue weighted by Crippen LogP contribution is -2.07. The van der Waals surface area contributed by atoms with Crippen molar-refractivity contribution in [2.75, 3.05) is 6.16 Å². The SMILES string of the molecule is CCCCCP1C(CCCC)CCC1CCCC. The molecule has 0 bridgehead atoms. The monoisotopic (exact) mass is 270 g/mol. The van der Waals surface area contributed by atoms with Crippen molar-refractivity contribution in [1.82, 2.24) is 0 Å². The van der Waals surface area contributed by atoms with Crippen molar-refractivity contribution in [2.45, 2.75) is 103 Å². The summed E-state index contributed by atoms with van der Waals surface area (Å²) < 4.78 is 0. The van der Waals surface area contributed by atoms with Crippen molar-refractivity contribution in [3.05, 3.63) is 0 Å². The van der Waals surface area contributed by atoms with Gasteiger partial charge in [-0.1, -0.05) is 59.3 Å². The van der Waals surface area contributed by atoms with Crippen molar-refractivity contribution >= 4 is 7.92 Å². The zero-order valence-electron chi connectivity index (χ0n) is 13.1. The number of unbranched alkanes of at least 4 members (excludes halogenated alkanes) is 4. The smallest absolute Gasteiger partial charge is 0.0206 e. The van der Waals surface area contributed by atoms with Gasteiger partial charge in [0.05, 0.1) is 0 Å². The predicted octanol–water partition coefficient (Wildman–Crippen LogP) is 6.57. The van der Waals surface area contributed by atoms with E-state index in [1.165, 1.54) is 44.9 Å². The number of rotatable bonds is 10. The molecule has 0 nitrogen and oxygen atoms in total. The summed E-state index contributed by atoms with van der Waals surface area (Å²) in [7, 11) is 0.393. The van der Waals surface area contributed by atoms with Gasteiger partial charge in [0.15, 0.2) is 0 Å². The molecule has 1 fully saturated rings. The topological polar surface area (TPSA) is 0 Å². The van der Waals surface area contributed by atoms with E-state index in [4.69, 9.17) is 0 Å². The maximum absolute atomic E-state index is 2.35. The standard InChI is InChI=1S/C17H35P/c1-4-7-10-15-18-16(11-8-5-2)13-14-17(18)12-9-6-3/h16-17H,4-15H2,1-3H3. The van der Waals surface area contributed by atoms with Gasteiger partial charge < -0.3 is 0 Å². The highest BCUT2D eigenvalue weighted by atomic mass is 31.1. The average molecular weight is 270 g/mol. The Morgan fingerprint density at radius 2 is 1.22 bits per heavy atom. The van der Waals surface area contributed by atoms with Gasteiger partial charge in [-0.15, -0.1) is 7.92 Å². The predicted molar refractivity (Wildman–Crippen MR) is 87.2 cm³/mol. The van der Waals surface area contributed by atoms with E-state index in [0.29, 0.717) is 7.92 Å². The van der Waals surface area contributed by atoms with Crippen LogP contribution in [0.4, 0.5) is 0 Å². The highest BCUT2D eigenvalue weighted by molar-refractivity contribution is 7.59. The fraction of sp³-hybridized carbons (Fsp3) is 1.00. The van der Waals surface area contributed by atoms with E-state index < -0.39 is 0 Å². The van der Waals surface area contributed by atoms with Crippen molar-refractivity contribution in [3.63, 3.8) is 0 Å². The van der Waals surface area contributed by atoms with Gasteiger partial charge in [-0.3, -0.25) is 0 Å². The van der Waals surface area contributed by atoms with Crippen LogP contribution in [0.3, 0.4) is 0 Å². The minimum atomic E-state index is 0.393. The van der Waals surface area contributed by atoms with E-state index in [-0.39, 0.29) is 0 Å². The minimum absolute atomic E-state index is 0.393. The second kappa shape index (κ2) is 10.2. The molecule has 1 heteroatoms. The van der Waals surface area contributed by atoms with E-state index in [9.17, 15) is 0 Å². The third-order valence-electron chi connectivity index (χ3n) is 4.57.